The van der Waals surface area contributed by atoms with Gasteiger partial charge >= 0.3 is 0 Å². The molecule has 44 heavy (non-hydrogen) atoms. The number of aliphatic imine (C=N–C) groups is 1. The van der Waals surface area contributed by atoms with Gasteiger partial charge in [-0.2, -0.15) is 5.10 Å². The first-order valence-corrected chi connectivity index (χ1v) is 17.7. The Morgan fingerprint density at radius 1 is 0.977 bits per heavy atom. The molecule has 0 atom stereocenters. The Morgan fingerprint density at radius 2 is 1.64 bits per heavy atom. The Morgan fingerprint density at radius 3 is 2.30 bits per heavy atom. The standard InChI is InChI=1S/C30H33BrClN5O2S.2C2H6/c1-21(2)25-11-13-26(14-12-25)40(38,39)35-18-24-8-6-7-23(17-24)15-16-33-20-37-30(28(31)19-34-37)36-22(3)27-9-4-5-10-29(27)32;2*1-2/h4-14,17,19,21,33,35H,15-16,18,20H2,1-3H3;2*1-2H3/b36-22+;;. The molecule has 0 aliphatic rings. The molecule has 2 N–H and O–H groups in total. The molecule has 0 aliphatic carbocycles. The van der Waals surface area contributed by atoms with E-state index in [1.54, 1.807) is 23.0 Å². The molecular formula is C34H45BrClN5O2S. The average molecular weight is 703 g/mol. The first-order chi connectivity index (χ1) is 21.1. The second-order valence-corrected chi connectivity index (χ2v) is 12.8. The molecule has 0 spiro atoms. The molecule has 0 fully saturated rings. The molecule has 1 aromatic heterocycles. The predicted molar refractivity (Wildman–Crippen MR) is 189 cm³/mol. The minimum absolute atomic E-state index is 0.225. The van der Waals surface area contributed by atoms with Gasteiger partial charge in [0.2, 0.25) is 10.0 Å². The number of hydrogen-bond donors (Lipinski definition) is 2. The van der Waals surface area contributed by atoms with E-state index in [0.29, 0.717) is 30.0 Å². The molecule has 0 unspecified atom stereocenters. The fraction of sp³-hybridized carbons (Fsp3) is 0.353. The molecule has 0 saturated carbocycles. The first kappa shape index (κ1) is 37.4. The summed E-state index contributed by atoms with van der Waals surface area (Å²) >= 11 is 9.88. The van der Waals surface area contributed by atoms with Crippen molar-refractivity contribution in [1.29, 1.82) is 0 Å². The topological polar surface area (TPSA) is 88.4 Å². The van der Waals surface area contributed by atoms with Gasteiger partial charge in [0.25, 0.3) is 0 Å². The number of rotatable bonds is 12. The average Bonchev–Trinajstić information content (AvgIpc) is 3.39. The van der Waals surface area contributed by atoms with Crippen molar-refractivity contribution < 1.29 is 8.42 Å². The normalized spacial score (nSPS) is 11.5. The van der Waals surface area contributed by atoms with E-state index in [1.165, 1.54) is 0 Å². The van der Waals surface area contributed by atoms with Crippen LogP contribution in [0.5, 0.6) is 0 Å². The van der Waals surface area contributed by atoms with Crippen molar-refractivity contribution in [2.75, 3.05) is 6.54 Å². The second kappa shape index (κ2) is 18.9. The summed E-state index contributed by atoms with van der Waals surface area (Å²) in [5.41, 5.74) is 4.80. The van der Waals surface area contributed by atoms with Crippen LogP contribution in [0.4, 0.5) is 5.82 Å². The van der Waals surface area contributed by atoms with E-state index in [0.717, 1.165) is 38.9 Å². The Hall–Kier alpha value is -2.82. The highest BCUT2D eigenvalue weighted by molar-refractivity contribution is 9.10. The van der Waals surface area contributed by atoms with Gasteiger partial charge in [-0.1, -0.05) is 108 Å². The minimum Gasteiger partial charge on any atom is -0.298 e. The number of nitrogens with one attached hydrogen (secondary N) is 2. The van der Waals surface area contributed by atoms with E-state index in [1.807, 2.05) is 95.3 Å². The Kier molecular flexibility index (Phi) is 16.0. The third-order valence-electron chi connectivity index (χ3n) is 6.47. The van der Waals surface area contributed by atoms with Crippen LogP contribution in [0, 0.1) is 0 Å². The smallest absolute Gasteiger partial charge is 0.240 e. The molecular weight excluding hydrogens is 658 g/mol. The molecule has 7 nitrogen and oxygen atoms in total. The van der Waals surface area contributed by atoms with Crippen LogP contribution in [0.1, 0.15) is 76.6 Å². The lowest BCUT2D eigenvalue weighted by atomic mass is 10.0. The van der Waals surface area contributed by atoms with Crippen LogP contribution in [0.2, 0.25) is 5.02 Å². The highest BCUT2D eigenvalue weighted by Crippen LogP contribution is 2.27. The minimum atomic E-state index is -3.59. The fourth-order valence-corrected chi connectivity index (χ4v) is 5.84. The molecule has 4 aromatic rings. The molecule has 0 bridgehead atoms. The summed E-state index contributed by atoms with van der Waals surface area (Å²) in [7, 11) is -3.59. The third kappa shape index (κ3) is 11.0. The van der Waals surface area contributed by atoms with Gasteiger partial charge in [-0.15, -0.1) is 0 Å². The zero-order valence-corrected chi connectivity index (χ0v) is 29.9. The maximum atomic E-state index is 12.8. The zero-order chi connectivity index (χ0) is 32.7. The molecule has 0 amide bonds. The van der Waals surface area contributed by atoms with Crippen LogP contribution >= 0.6 is 27.5 Å². The van der Waals surface area contributed by atoms with E-state index < -0.39 is 10.0 Å². The van der Waals surface area contributed by atoms with Gasteiger partial charge in [-0.25, -0.2) is 22.8 Å². The summed E-state index contributed by atoms with van der Waals surface area (Å²) in [6.07, 6.45) is 2.50. The van der Waals surface area contributed by atoms with Crippen molar-refractivity contribution in [3.05, 3.63) is 111 Å². The van der Waals surface area contributed by atoms with E-state index in [4.69, 9.17) is 16.6 Å². The molecule has 3 aromatic carbocycles. The van der Waals surface area contributed by atoms with Crippen molar-refractivity contribution in [3.8, 4) is 0 Å². The summed E-state index contributed by atoms with van der Waals surface area (Å²) in [6.45, 7) is 15.5. The summed E-state index contributed by atoms with van der Waals surface area (Å²) in [5.74, 6) is 1.06. The predicted octanol–water partition coefficient (Wildman–Crippen LogP) is 8.88. The van der Waals surface area contributed by atoms with Crippen molar-refractivity contribution >= 4 is 49.1 Å². The van der Waals surface area contributed by atoms with E-state index >= 15 is 0 Å². The third-order valence-corrected chi connectivity index (χ3v) is 8.78. The summed E-state index contributed by atoms with van der Waals surface area (Å²) in [6, 6.07) is 22.6. The lowest BCUT2D eigenvalue weighted by Crippen LogP contribution is -2.23. The summed E-state index contributed by atoms with van der Waals surface area (Å²) < 4.78 is 30.8. The van der Waals surface area contributed by atoms with Crippen molar-refractivity contribution in [1.82, 2.24) is 19.8 Å². The van der Waals surface area contributed by atoms with E-state index in [9.17, 15) is 8.42 Å². The molecule has 1 heterocycles. The van der Waals surface area contributed by atoms with E-state index in [2.05, 4.69) is 44.9 Å². The molecule has 0 saturated heterocycles. The van der Waals surface area contributed by atoms with Gasteiger partial charge in [0.1, 0.15) is 0 Å². The highest BCUT2D eigenvalue weighted by atomic mass is 79.9. The molecule has 10 heteroatoms. The van der Waals surface area contributed by atoms with Crippen LogP contribution in [-0.4, -0.2) is 30.5 Å². The summed E-state index contributed by atoms with van der Waals surface area (Å²) in [5, 5.41) is 8.49. The van der Waals surface area contributed by atoms with Gasteiger partial charge < -0.3 is 0 Å². The maximum Gasteiger partial charge on any atom is 0.240 e. The highest BCUT2D eigenvalue weighted by Gasteiger charge is 2.14. The number of halogens is 2. The van der Waals surface area contributed by atoms with Crippen LogP contribution in [0.15, 0.2) is 93.4 Å². The van der Waals surface area contributed by atoms with Crippen LogP contribution < -0.4 is 10.0 Å². The van der Waals surface area contributed by atoms with Gasteiger partial charge in [0, 0.05) is 29.4 Å². The number of benzene rings is 3. The molecule has 4 rings (SSSR count). The quantitative estimate of drug-likeness (QED) is 0.114. The van der Waals surface area contributed by atoms with Crippen molar-refractivity contribution in [2.45, 2.75) is 78.9 Å². The molecule has 0 aliphatic heterocycles. The van der Waals surface area contributed by atoms with Gasteiger partial charge in [-0.05, 0) is 70.1 Å². The number of aromatic nitrogens is 2. The Balaban J connectivity index is 0.00000162. The van der Waals surface area contributed by atoms with Crippen LogP contribution in [0.3, 0.4) is 0 Å². The fourth-order valence-electron chi connectivity index (χ4n) is 4.16. The number of nitrogens with zero attached hydrogens (tertiary/aromatic N) is 3. The second-order valence-electron chi connectivity index (χ2n) is 9.77. The largest absolute Gasteiger partial charge is 0.298 e. The van der Waals surface area contributed by atoms with E-state index in [-0.39, 0.29) is 11.4 Å². The first-order valence-electron chi connectivity index (χ1n) is 15.0. The summed E-state index contributed by atoms with van der Waals surface area (Å²) in [4.78, 5) is 5.03. The molecule has 238 valence electrons. The lowest BCUT2D eigenvalue weighted by Gasteiger charge is -2.11. The Labute approximate surface area is 277 Å². The van der Waals surface area contributed by atoms with Gasteiger partial charge in [-0.3, -0.25) is 5.32 Å². The lowest BCUT2D eigenvalue weighted by molar-refractivity contribution is 0.517. The van der Waals surface area contributed by atoms with Crippen molar-refractivity contribution in [3.63, 3.8) is 0 Å². The Bertz CT molecular complexity index is 1590. The monoisotopic (exact) mass is 701 g/mol. The van der Waals surface area contributed by atoms with Crippen LogP contribution in [-0.2, 0) is 29.7 Å². The SMILES string of the molecule is C/C(=N\c1c(Br)cnn1CNCCc1cccc(CNS(=O)(=O)c2ccc(C(C)C)cc2)c1)c1ccccc1Cl.CC.CC. The molecule has 0 radical (unpaired) electrons. The van der Waals surface area contributed by atoms with Gasteiger partial charge in [0.05, 0.1) is 22.2 Å². The number of sulfonamides is 1. The van der Waals surface area contributed by atoms with Crippen molar-refractivity contribution in [2.24, 2.45) is 4.99 Å². The van der Waals surface area contributed by atoms with Gasteiger partial charge in [0.15, 0.2) is 5.82 Å². The zero-order valence-electron chi connectivity index (χ0n) is 26.7. The number of hydrogen-bond acceptors (Lipinski definition) is 5. The van der Waals surface area contributed by atoms with Crippen LogP contribution in [0.25, 0.3) is 0 Å². The maximum absolute atomic E-state index is 12.8.